The Morgan fingerprint density at radius 1 is 1.19 bits per heavy atom. The van der Waals surface area contributed by atoms with Gasteiger partial charge in [-0.15, -0.1) is 6.42 Å². The van der Waals surface area contributed by atoms with Gasteiger partial charge < -0.3 is 19.8 Å². The third kappa shape index (κ3) is 6.30. The van der Waals surface area contributed by atoms with Crippen molar-refractivity contribution in [3.05, 3.63) is 46.5 Å². The molecule has 7 heteroatoms. The Balaban J connectivity index is 2.10. The van der Waals surface area contributed by atoms with Crippen LogP contribution in [0.5, 0.6) is 17.2 Å². The van der Waals surface area contributed by atoms with E-state index in [0.717, 1.165) is 13.0 Å². The molecule has 0 aliphatic rings. The van der Waals surface area contributed by atoms with Crippen LogP contribution < -0.4 is 9.64 Å². The summed E-state index contributed by atoms with van der Waals surface area (Å²) in [7, 11) is 3.54. The Morgan fingerprint density at radius 2 is 1.90 bits per heavy atom. The summed E-state index contributed by atoms with van der Waals surface area (Å²) >= 11 is 6.35. The molecule has 31 heavy (non-hydrogen) atoms. The molecule has 0 fully saturated rings. The topological polar surface area (TPSA) is 73.2 Å². The largest absolute Gasteiger partial charge is 0.508 e. The smallest absolute Gasteiger partial charge is 0.261 e. The van der Waals surface area contributed by atoms with Crippen LogP contribution in [0, 0.1) is 12.3 Å². The molecule has 0 aliphatic carbocycles. The number of amides is 1. The lowest BCUT2D eigenvalue weighted by atomic mass is 9.98. The van der Waals surface area contributed by atoms with Crippen LogP contribution >= 0.6 is 11.6 Å². The SMILES string of the molecule is C#CCN(C)CCCOc1ccc(N(C)C(=O)c2cc(C(C)C)c(O)cc2O)cc1Cl. The first-order valence-electron chi connectivity index (χ1n) is 10.0. The van der Waals surface area contributed by atoms with Gasteiger partial charge in [0.1, 0.15) is 17.2 Å². The number of rotatable bonds is 9. The van der Waals surface area contributed by atoms with Crippen molar-refractivity contribution in [3.63, 3.8) is 0 Å². The molecule has 0 heterocycles. The van der Waals surface area contributed by atoms with Crippen molar-refractivity contribution >= 4 is 23.2 Å². The van der Waals surface area contributed by atoms with Crippen LogP contribution in [-0.2, 0) is 0 Å². The zero-order valence-electron chi connectivity index (χ0n) is 18.4. The van der Waals surface area contributed by atoms with Crippen molar-refractivity contribution in [2.24, 2.45) is 0 Å². The van der Waals surface area contributed by atoms with E-state index in [1.807, 2.05) is 25.8 Å². The van der Waals surface area contributed by atoms with Gasteiger partial charge in [-0.1, -0.05) is 31.4 Å². The van der Waals surface area contributed by atoms with Crippen LogP contribution in [0.25, 0.3) is 0 Å². The first kappa shape index (κ1) is 24.4. The molecular weight excluding hydrogens is 416 g/mol. The molecule has 2 rings (SSSR count). The average molecular weight is 445 g/mol. The Bertz CT molecular complexity index is 969. The fraction of sp³-hybridized carbons (Fsp3) is 0.375. The Morgan fingerprint density at radius 3 is 2.52 bits per heavy atom. The minimum Gasteiger partial charge on any atom is -0.508 e. The second kappa shape index (κ2) is 10.9. The van der Waals surface area contributed by atoms with E-state index in [9.17, 15) is 15.0 Å². The summed E-state index contributed by atoms with van der Waals surface area (Å²) in [5.41, 5.74) is 1.25. The second-order valence-electron chi connectivity index (χ2n) is 7.71. The number of benzene rings is 2. The van der Waals surface area contributed by atoms with Crippen LogP contribution in [0.2, 0.25) is 5.02 Å². The monoisotopic (exact) mass is 444 g/mol. The lowest BCUT2D eigenvalue weighted by Crippen LogP contribution is -2.26. The number of phenols is 2. The number of halogens is 1. The summed E-state index contributed by atoms with van der Waals surface area (Å²) < 4.78 is 5.74. The van der Waals surface area contributed by atoms with Crippen LogP contribution in [0.1, 0.15) is 42.1 Å². The summed E-state index contributed by atoms with van der Waals surface area (Å²) in [6.45, 7) is 5.68. The third-order valence-electron chi connectivity index (χ3n) is 4.91. The van der Waals surface area contributed by atoms with Gasteiger partial charge in [-0.05, 0) is 49.2 Å². The molecule has 2 aromatic rings. The molecule has 2 N–H and O–H groups in total. The standard InChI is InChI=1S/C24H29ClN2O4/c1-6-10-26(4)11-7-12-31-23-9-8-17(13-20(23)25)27(5)24(30)19-14-18(16(2)3)21(28)15-22(19)29/h1,8-9,13-16,28-29H,7,10-12H2,2-5H3. The number of aromatic hydroxyl groups is 2. The van der Waals surface area contributed by atoms with Gasteiger partial charge in [0, 0.05) is 25.3 Å². The molecule has 6 nitrogen and oxygen atoms in total. The fourth-order valence-electron chi connectivity index (χ4n) is 3.09. The van der Waals surface area contributed by atoms with Crippen molar-refractivity contribution in [2.75, 3.05) is 38.7 Å². The maximum absolute atomic E-state index is 13.0. The molecule has 0 radical (unpaired) electrons. The molecule has 0 spiro atoms. The molecule has 0 atom stereocenters. The highest BCUT2D eigenvalue weighted by molar-refractivity contribution is 6.32. The number of hydrogen-bond acceptors (Lipinski definition) is 5. The average Bonchev–Trinajstić information content (AvgIpc) is 2.71. The van der Waals surface area contributed by atoms with E-state index >= 15 is 0 Å². The maximum Gasteiger partial charge on any atom is 0.261 e. The van der Waals surface area contributed by atoms with Gasteiger partial charge >= 0.3 is 0 Å². The van der Waals surface area contributed by atoms with Crippen molar-refractivity contribution in [3.8, 4) is 29.6 Å². The molecule has 0 saturated heterocycles. The van der Waals surface area contributed by atoms with Gasteiger partial charge in [0.25, 0.3) is 5.91 Å². The number of ether oxygens (including phenoxy) is 1. The van der Waals surface area contributed by atoms with Gasteiger partial charge in [-0.25, -0.2) is 0 Å². The van der Waals surface area contributed by atoms with Gasteiger partial charge in [0.2, 0.25) is 0 Å². The normalized spacial score (nSPS) is 10.9. The van der Waals surface area contributed by atoms with E-state index in [0.29, 0.717) is 35.2 Å². The Labute approximate surface area is 189 Å². The Hall–Kier alpha value is -2.88. The molecule has 0 unspecified atom stereocenters. The lowest BCUT2D eigenvalue weighted by Gasteiger charge is -2.20. The molecule has 0 bridgehead atoms. The van der Waals surface area contributed by atoms with E-state index in [1.165, 1.54) is 17.0 Å². The molecule has 0 aromatic heterocycles. The molecule has 0 saturated carbocycles. The highest BCUT2D eigenvalue weighted by atomic mass is 35.5. The predicted octanol–water partition coefficient (Wildman–Crippen LogP) is 4.49. The van der Waals surface area contributed by atoms with Gasteiger partial charge in [-0.3, -0.25) is 9.69 Å². The van der Waals surface area contributed by atoms with Crippen molar-refractivity contribution in [1.29, 1.82) is 0 Å². The first-order chi connectivity index (χ1) is 14.6. The van der Waals surface area contributed by atoms with E-state index in [1.54, 1.807) is 25.2 Å². The fourth-order valence-corrected chi connectivity index (χ4v) is 3.32. The number of anilines is 1. The highest BCUT2D eigenvalue weighted by Gasteiger charge is 2.21. The zero-order valence-corrected chi connectivity index (χ0v) is 19.1. The summed E-state index contributed by atoms with van der Waals surface area (Å²) in [6, 6.07) is 7.79. The van der Waals surface area contributed by atoms with E-state index in [4.69, 9.17) is 22.8 Å². The van der Waals surface area contributed by atoms with Gasteiger partial charge in [-0.2, -0.15) is 0 Å². The summed E-state index contributed by atoms with van der Waals surface area (Å²) in [4.78, 5) is 16.4. The van der Waals surface area contributed by atoms with Crippen LogP contribution in [0.4, 0.5) is 5.69 Å². The minimum absolute atomic E-state index is 0.00492. The number of terminal acetylenes is 1. The van der Waals surface area contributed by atoms with Gasteiger partial charge in [0.05, 0.1) is 23.7 Å². The van der Waals surface area contributed by atoms with Gasteiger partial charge in [0.15, 0.2) is 0 Å². The predicted molar refractivity (Wildman–Crippen MR) is 124 cm³/mol. The highest BCUT2D eigenvalue weighted by Crippen LogP contribution is 2.34. The number of phenolic OH excluding ortho intramolecular Hbond substituents is 2. The summed E-state index contributed by atoms with van der Waals surface area (Å²) in [6.07, 6.45) is 6.08. The molecule has 166 valence electrons. The van der Waals surface area contributed by atoms with E-state index in [2.05, 4.69) is 5.92 Å². The molecule has 2 aromatic carbocycles. The summed E-state index contributed by atoms with van der Waals surface area (Å²) in [5, 5.41) is 20.6. The van der Waals surface area contributed by atoms with Crippen LogP contribution in [-0.4, -0.2) is 54.8 Å². The first-order valence-corrected chi connectivity index (χ1v) is 10.4. The van der Waals surface area contributed by atoms with Crippen molar-refractivity contribution in [1.82, 2.24) is 4.90 Å². The summed E-state index contributed by atoms with van der Waals surface area (Å²) in [5.74, 6) is 2.38. The minimum atomic E-state index is -0.416. The van der Waals surface area contributed by atoms with Crippen molar-refractivity contribution in [2.45, 2.75) is 26.2 Å². The third-order valence-corrected chi connectivity index (χ3v) is 5.20. The second-order valence-corrected chi connectivity index (χ2v) is 8.11. The Kier molecular flexibility index (Phi) is 8.61. The number of carbonyl (C=O) groups excluding carboxylic acids is 1. The molecular formula is C24H29ClN2O4. The maximum atomic E-state index is 13.0. The molecule has 0 aliphatic heterocycles. The quantitative estimate of drug-likeness (QED) is 0.440. The number of hydrogen-bond donors (Lipinski definition) is 2. The molecule has 1 amide bonds. The van der Waals surface area contributed by atoms with Crippen LogP contribution in [0.3, 0.4) is 0 Å². The zero-order chi connectivity index (χ0) is 23.1. The van der Waals surface area contributed by atoms with Crippen molar-refractivity contribution < 1.29 is 19.7 Å². The van der Waals surface area contributed by atoms with E-state index < -0.39 is 5.91 Å². The number of carbonyl (C=O) groups is 1. The van der Waals surface area contributed by atoms with E-state index in [-0.39, 0.29) is 23.0 Å². The lowest BCUT2D eigenvalue weighted by molar-refractivity contribution is 0.0990. The van der Waals surface area contributed by atoms with Crippen LogP contribution in [0.15, 0.2) is 30.3 Å². The number of nitrogens with zero attached hydrogens (tertiary/aromatic N) is 2.